The zero-order valence-corrected chi connectivity index (χ0v) is 11.8. The van der Waals surface area contributed by atoms with Crippen LogP contribution in [-0.2, 0) is 21.4 Å². The average Bonchev–Trinajstić information content (AvgIpc) is 2.72. The van der Waals surface area contributed by atoms with Crippen LogP contribution in [0.2, 0.25) is 0 Å². The van der Waals surface area contributed by atoms with Crippen molar-refractivity contribution in [2.24, 2.45) is 12.5 Å². The highest BCUT2D eigenvalue weighted by molar-refractivity contribution is 7.99. The van der Waals surface area contributed by atoms with Crippen LogP contribution in [0.4, 0.5) is 0 Å². The minimum atomic E-state index is -1.12. The molecule has 0 N–H and O–H groups in total. The molecule has 0 saturated heterocycles. The Balaban J connectivity index is 2.60. The first-order valence-electron chi connectivity index (χ1n) is 5.57. The third-order valence-corrected chi connectivity index (χ3v) is 3.52. The number of hydrogen-bond donors (Lipinski definition) is 0. The van der Waals surface area contributed by atoms with E-state index in [0.29, 0.717) is 5.16 Å². The lowest BCUT2D eigenvalue weighted by molar-refractivity contribution is -0.157. The normalized spacial score (nSPS) is 11.3. The summed E-state index contributed by atoms with van der Waals surface area (Å²) in [5, 5.41) is 8.22. The summed E-state index contributed by atoms with van der Waals surface area (Å²) >= 11 is 1.26. The number of Topliss-reactive ketones (excluding diaryl/α,β-unsaturated/α-hetero) is 1. The molecule has 0 atom stereocenters. The fourth-order valence-corrected chi connectivity index (χ4v) is 2.12. The Bertz CT molecular complexity index is 442. The number of rotatable bonds is 6. The molecule has 0 aliphatic heterocycles. The third kappa shape index (κ3) is 3.32. The van der Waals surface area contributed by atoms with Gasteiger partial charge in [0.1, 0.15) is 11.7 Å². The zero-order chi connectivity index (χ0) is 13.8. The van der Waals surface area contributed by atoms with Gasteiger partial charge < -0.3 is 9.30 Å². The highest BCUT2D eigenvalue weighted by Gasteiger charge is 2.37. The molecule has 0 aliphatic carbocycles. The second-order valence-electron chi connectivity index (χ2n) is 4.28. The van der Waals surface area contributed by atoms with Crippen molar-refractivity contribution in [1.29, 1.82) is 0 Å². The van der Waals surface area contributed by atoms with Crippen LogP contribution in [0.1, 0.15) is 20.8 Å². The van der Waals surface area contributed by atoms with E-state index in [1.165, 1.54) is 11.8 Å². The van der Waals surface area contributed by atoms with Crippen molar-refractivity contribution in [3.63, 3.8) is 0 Å². The Hall–Kier alpha value is -1.37. The van der Waals surface area contributed by atoms with Crippen LogP contribution in [0, 0.1) is 5.41 Å². The van der Waals surface area contributed by atoms with Gasteiger partial charge in [0.25, 0.3) is 0 Å². The van der Waals surface area contributed by atoms with Crippen molar-refractivity contribution in [3.05, 3.63) is 6.33 Å². The van der Waals surface area contributed by atoms with Crippen LogP contribution in [0.5, 0.6) is 0 Å². The topological polar surface area (TPSA) is 74.1 Å². The first-order chi connectivity index (χ1) is 8.39. The fourth-order valence-electron chi connectivity index (χ4n) is 1.14. The molecule has 1 rings (SSSR count). The molecule has 6 nitrogen and oxygen atoms in total. The van der Waals surface area contributed by atoms with Crippen LogP contribution in [0.25, 0.3) is 0 Å². The van der Waals surface area contributed by atoms with E-state index in [1.54, 1.807) is 38.7 Å². The molecule has 0 spiro atoms. The number of nitrogens with zero attached hydrogens (tertiary/aromatic N) is 3. The van der Waals surface area contributed by atoms with Gasteiger partial charge in [0.2, 0.25) is 0 Å². The predicted octanol–water partition coefficient (Wildman–Crippen LogP) is 1.07. The van der Waals surface area contributed by atoms with Gasteiger partial charge in [-0.05, 0) is 20.8 Å². The molecule has 1 heterocycles. The zero-order valence-electron chi connectivity index (χ0n) is 11.0. The molecule has 100 valence electrons. The summed E-state index contributed by atoms with van der Waals surface area (Å²) in [5.74, 6) is -0.513. The van der Waals surface area contributed by atoms with Crippen molar-refractivity contribution in [2.45, 2.75) is 25.9 Å². The summed E-state index contributed by atoms with van der Waals surface area (Å²) in [5.41, 5.74) is -1.12. The fraction of sp³-hybridized carbons (Fsp3) is 0.636. The van der Waals surface area contributed by atoms with E-state index in [-0.39, 0.29) is 18.1 Å². The summed E-state index contributed by atoms with van der Waals surface area (Å²) < 4.78 is 6.60. The molecule has 0 amide bonds. The molecule has 0 bridgehead atoms. The van der Waals surface area contributed by atoms with Crippen LogP contribution in [0.3, 0.4) is 0 Å². The van der Waals surface area contributed by atoms with Crippen LogP contribution >= 0.6 is 11.8 Å². The van der Waals surface area contributed by atoms with Crippen LogP contribution in [-0.4, -0.2) is 38.9 Å². The quantitative estimate of drug-likeness (QED) is 0.437. The van der Waals surface area contributed by atoms with Gasteiger partial charge in [-0.2, -0.15) is 0 Å². The summed E-state index contributed by atoms with van der Waals surface area (Å²) in [6.45, 7) is 5.13. The number of carbonyl (C=O) groups excluding carboxylic acids is 2. The van der Waals surface area contributed by atoms with Crippen molar-refractivity contribution in [3.8, 4) is 0 Å². The number of carbonyl (C=O) groups is 2. The van der Waals surface area contributed by atoms with Crippen molar-refractivity contribution in [1.82, 2.24) is 14.8 Å². The first kappa shape index (κ1) is 14.7. The lowest BCUT2D eigenvalue weighted by Crippen LogP contribution is -2.36. The Morgan fingerprint density at radius 2 is 2.17 bits per heavy atom. The second-order valence-corrected chi connectivity index (χ2v) is 5.22. The number of ether oxygens (including phenoxy) is 1. The van der Waals surface area contributed by atoms with E-state index in [9.17, 15) is 9.59 Å². The van der Waals surface area contributed by atoms with Crippen LogP contribution in [0.15, 0.2) is 11.5 Å². The van der Waals surface area contributed by atoms with Gasteiger partial charge in [-0.3, -0.25) is 9.59 Å². The molecule has 0 saturated carbocycles. The molecular formula is C11H17N3O3S. The Kier molecular flexibility index (Phi) is 4.89. The third-order valence-electron chi connectivity index (χ3n) is 2.49. The number of aromatic nitrogens is 3. The van der Waals surface area contributed by atoms with E-state index in [1.807, 2.05) is 0 Å². The maximum absolute atomic E-state index is 12.0. The van der Waals surface area contributed by atoms with Gasteiger partial charge in [-0.15, -0.1) is 10.2 Å². The van der Waals surface area contributed by atoms with Gasteiger partial charge in [-0.1, -0.05) is 11.8 Å². The van der Waals surface area contributed by atoms with Crippen molar-refractivity contribution in [2.75, 3.05) is 12.4 Å². The molecule has 1 aromatic heterocycles. The van der Waals surface area contributed by atoms with Crippen molar-refractivity contribution >= 4 is 23.5 Å². The number of thioether (sulfide) groups is 1. The minimum absolute atomic E-state index is 0.165. The van der Waals surface area contributed by atoms with E-state index in [0.717, 1.165) is 0 Å². The molecule has 0 radical (unpaired) electrons. The van der Waals surface area contributed by atoms with E-state index in [2.05, 4.69) is 10.2 Å². The maximum Gasteiger partial charge on any atom is 0.319 e. The summed E-state index contributed by atoms with van der Waals surface area (Å²) in [6.07, 6.45) is 1.56. The average molecular weight is 271 g/mol. The smallest absolute Gasteiger partial charge is 0.319 e. The minimum Gasteiger partial charge on any atom is -0.465 e. The Labute approximate surface area is 110 Å². The van der Waals surface area contributed by atoms with E-state index < -0.39 is 11.4 Å². The number of hydrogen-bond acceptors (Lipinski definition) is 6. The van der Waals surface area contributed by atoms with E-state index >= 15 is 0 Å². The van der Waals surface area contributed by atoms with Gasteiger partial charge in [-0.25, -0.2) is 0 Å². The molecule has 0 unspecified atom stereocenters. The molecular weight excluding hydrogens is 254 g/mol. The molecule has 1 aromatic rings. The summed E-state index contributed by atoms with van der Waals surface area (Å²) in [6, 6.07) is 0. The highest BCUT2D eigenvalue weighted by Crippen LogP contribution is 2.23. The van der Waals surface area contributed by atoms with Crippen molar-refractivity contribution < 1.29 is 14.3 Å². The van der Waals surface area contributed by atoms with E-state index in [4.69, 9.17) is 4.74 Å². The lowest BCUT2D eigenvalue weighted by Gasteiger charge is -2.20. The second kappa shape index (κ2) is 5.99. The SMILES string of the molecule is CCOC(=O)C(C)(C)C(=O)CSc1nncn1C. The predicted molar refractivity (Wildman–Crippen MR) is 67.1 cm³/mol. The molecule has 0 fully saturated rings. The van der Waals surface area contributed by atoms with Gasteiger partial charge in [0.15, 0.2) is 10.9 Å². The monoisotopic (exact) mass is 271 g/mol. The Morgan fingerprint density at radius 1 is 1.50 bits per heavy atom. The van der Waals surface area contributed by atoms with Gasteiger partial charge in [0, 0.05) is 7.05 Å². The summed E-state index contributed by atoms with van der Waals surface area (Å²) in [4.78, 5) is 23.7. The van der Waals surface area contributed by atoms with Gasteiger partial charge in [0.05, 0.1) is 12.4 Å². The molecule has 7 heteroatoms. The lowest BCUT2D eigenvalue weighted by atomic mass is 9.89. The summed E-state index contributed by atoms with van der Waals surface area (Å²) in [7, 11) is 1.79. The van der Waals surface area contributed by atoms with Crippen LogP contribution < -0.4 is 0 Å². The largest absolute Gasteiger partial charge is 0.465 e. The molecule has 0 aliphatic rings. The Morgan fingerprint density at radius 3 is 2.67 bits per heavy atom. The molecule has 0 aromatic carbocycles. The number of esters is 1. The highest BCUT2D eigenvalue weighted by atomic mass is 32.2. The first-order valence-corrected chi connectivity index (χ1v) is 6.55. The maximum atomic E-state index is 12.0. The van der Waals surface area contributed by atoms with Gasteiger partial charge >= 0.3 is 5.97 Å². The standard InChI is InChI=1S/C11H17N3O3S/c1-5-17-9(16)11(2,3)8(15)6-18-10-13-12-7-14(10)4/h7H,5-6H2,1-4H3. The number of ketones is 1. The number of aryl methyl sites for hydroxylation is 1. The molecule has 18 heavy (non-hydrogen) atoms.